The maximum absolute atomic E-state index is 12.5. The summed E-state index contributed by atoms with van der Waals surface area (Å²) in [6.45, 7) is 5.00. The number of fused-ring (bicyclic) bond motifs is 3. The fourth-order valence-corrected chi connectivity index (χ4v) is 4.93. The molecule has 6 rings (SSSR count). The van der Waals surface area contributed by atoms with Gasteiger partial charge in [0.2, 0.25) is 0 Å². The Balaban J connectivity index is 0.000000182. The Bertz CT molecular complexity index is 1800. The van der Waals surface area contributed by atoms with Crippen LogP contribution in [0.25, 0.3) is 21.9 Å². The van der Waals surface area contributed by atoms with Crippen LogP contribution < -0.4 is 5.73 Å². The van der Waals surface area contributed by atoms with E-state index in [1.807, 2.05) is 44.2 Å². The standard InChI is InChI=1S/C19H16N2O4.C12H13NO3/c1-11-5-13-7-14(25-17(13)15(6-11)19(23)24-2)10-21-9-12-3-4-20-8-16(12)18(21)22;1-7-3-8-5-9(6-13)16-11(8)10(4-7)12(14)15-2/h3-8H,9-10H2,1-2H3;3-5H,6,13H2,1-2H3. The lowest BCUT2D eigenvalue weighted by molar-refractivity contribution is 0.0592. The van der Waals surface area contributed by atoms with E-state index in [1.54, 1.807) is 29.4 Å². The molecule has 4 heterocycles. The van der Waals surface area contributed by atoms with Gasteiger partial charge in [-0.05, 0) is 73.0 Å². The number of pyridine rings is 1. The van der Waals surface area contributed by atoms with E-state index in [-0.39, 0.29) is 5.91 Å². The molecule has 0 bridgehead atoms. The molecular weight excluding hydrogens is 526 g/mol. The number of aryl methyl sites for hydroxylation is 2. The van der Waals surface area contributed by atoms with Crippen LogP contribution in [0.3, 0.4) is 0 Å². The average Bonchev–Trinajstić information content (AvgIpc) is 3.66. The second-order valence-corrected chi connectivity index (χ2v) is 9.77. The highest BCUT2D eigenvalue weighted by Gasteiger charge is 2.28. The van der Waals surface area contributed by atoms with Gasteiger partial charge in [0.15, 0.2) is 0 Å². The fourth-order valence-electron chi connectivity index (χ4n) is 4.93. The van der Waals surface area contributed by atoms with Gasteiger partial charge in [0.25, 0.3) is 5.91 Å². The molecule has 3 aromatic heterocycles. The van der Waals surface area contributed by atoms with Crippen LogP contribution in [-0.4, -0.2) is 41.9 Å². The summed E-state index contributed by atoms with van der Waals surface area (Å²) in [5.41, 5.74) is 10.9. The first-order valence-corrected chi connectivity index (χ1v) is 12.9. The molecular formula is C31H29N3O7. The van der Waals surface area contributed by atoms with Crippen LogP contribution in [0.5, 0.6) is 0 Å². The maximum atomic E-state index is 12.5. The van der Waals surface area contributed by atoms with Crippen molar-refractivity contribution >= 4 is 39.8 Å². The highest BCUT2D eigenvalue weighted by molar-refractivity contribution is 6.03. The number of esters is 2. The van der Waals surface area contributed by atoms with Gasteiger partial charge in [0.05, 0.1) is 32.9 Å². The minimum absolute atomic E-state index is 0.0621. The zero-order valence-corrected chi connectivity index (χ0v) is 23.1. The van der Waals surface area contributed by atoms with Gasteiger partial charge < -0.3 is 28.9 Å². The van der Waals surface area contributed by atoms with Gasteiger partial charge in [-0.25, -0.2) is 9.59 Å². The van der Waals surface area contributed by atoms with Crippen molar-refractivity contribution in [2.75, 3.05) is 14.2 Å². The lowest BCUT2D eigenvalue weighted by Gasteiger charge is -2.13. The Kier molecular flexibility index (Phi) is 7.58. The lowest BCUT2D eigenvalue weighted by atomic mass is 10.1. The van der Waals surface area contributed by atoms with Gasteiger partial charge in [-0.3, -0.25) is 9.78 Å². The van der Waals surface area contributed by atoms with Gasteiger partial charge in [-0.2, -0.15) is 0 Å². The minimum atomic E-state index is -0.440. The second kappa shape index (κ2) is 11.3. The summed E-state index contributed by atoms with van der Waals surface area (Å²) in [7, 11) is 2.69. The van der Waals surface area contributed by atoms with Gasteiger partial charge in [-0.15, -0.1) is 0 Å². The minimum Gasteiger partial charge on any atom is -0.465 e. The van der Waals surface area contributed by atoms with E-state index in [1.165, 1.54) is 14.2 Å². The number of hydrogen-bond acceptors (Lipinski definition) is 9. The van der Waals surface area contributed by atoms with Gasteiger partial charge in [0, 0.05) is 29.7 Å². The average molecular weight is 556 g/mol. The Labute approximate surface area is 235 Å². The third kappa shape index (κ3) is 5.42. The van der Waals surface area contributed by atoms with E-state index in [0.717, 1.165) is 27.5 Å². The summed E-state index contributed by atoms with van der Waals surface area (Å²) >= 11 is 0. The summed E-state index contributed by atoms with van der Waals surface area (Å²) in [5.74, 6) is 0.385. The smallest absolute Gasteiger partial charge is 0.341 e. The van der Waals surface area contributed by atoms with E-state index in [4.69, 9.17) is 24.0 Å². The Morgan fingerprint density at radius 3 is 2.00 bits per heavy atom. The quantitative estimate of drug-likeness (QED) is 0.295. The molecule has 0 atom stereocenters. The number of nitrogens with zero attached hydrogens (tertiary/aromatic N) is 2. The van der Waals surface area contributed by atoms with Gasteiger partial charge in [0.1, 0.15) is 33.8 Å². The number of nitrogens with two attached hydrogens (primary N) is 1. The Morgan fingerprint density at radius 1 is 0.902 bits per heavy atom. The molecule has 5 aromatic rings. The van der Waals surface area contributed by atoms with Crippen molar-refractivity contribution in [1.82, 2.24) is 9.88 Å². The molecule has 210 valence electrons. The molecule has 10 heteroatoms. The number of carbonyl (C=O) groups excluding carboxylic acids is 3. The summed E-state index contributed by atoms with van der Waals surface area (Å²) in [5, 5.41) is 1.70. The Morgan fingerprint density at radius 2 is 1.46 bits per heavy atom. The molecule has 0 radical (unpaired) electrons. The van der Waals surface area contributed by atoms with Crippen LogP contribution in [0, 0.1) is 13.8 Å². The monoisotopic (exact) mass is 555 g/mol. The summed E-state index contributed by atoms with van der Waals surface area (Å²) < 4.78 is 20.9. The number of rotatable bonds is 5. The number of ether oxygens (including phenoxy) is 2. The zero-order valence-electron chi connectivity index (χ0n) is 23.1. The van der Waals surface area contributed by atoms with Crippen molar-refractivity contribution in [1.29, 1.82) is 0 Å². The van der Waals surface area contributed by atoms with E-state index in [9.17, 15) is 14.4 Å². The van der Waals surface area contributed by atoms with Gasteiger partial charge in [-0.1, -0.05) is 0 Å². The third-order valence-electron chi connectivity index (χ3n) is 6.77. The number of aromatic nitrogens is 1. The number of methoxy groups -OCH3 is 2. The predicted molar refractivity (Wildman–Crippen MR) is 150 cm³/mol. The SMILES string of the molecule is COC(=O)c1cc(C)cc2cc(CN)oc12.COC(=O)c1cc(C)cc2cc(CN3Cc4ccncc4C3=O)oc12. The molecule has 0 saturated carbocycles. The van der Waals surface area contributed by atoms with Crippen LogP contribution in [0.4, 0.5) is 0 Å². The molecule has 0 saturated heterocycles. The summed E-state index contributed by atoms with van der Waals surface area (Å²) in [6.07, 6.45) is 3.28. The zero-order chi connectivity index (χ0) is 29.3. The first-order valence-electron chi connectivity index (χ1n) is 12.9. The number of benzene rings is 2. The van der Waals surface area contributed by atoms with E-state index in [2.05, 4.69) is 4.98 Å². The lowest BCUT2D eigenvalue weighted by Crippen LogP contribution is -2.22. The highest BCUT2D eigenvalue weighted by Crippen LogP contribution is 2.29. The predicted octanol–water partition coefficient (Wildman–Crippen LogP) is 5.07. The van der Waals surface area contributed by atoms with Crippen molar-refractivity contribution in [2.45, 2.75) is 33.5 Å². The normalized spacial score (nSPS) is 12.3. The van der Waals surface area contributed by atoms with Crippen molar-refractivity contribution in [3.05, 3.63) is 99.8 Å². The molecule has 1 aliphatic rings. The van der Waals surface area contributed by atoms with Crippen molar-refractivity contribution < 1.29 is 32.7 Å². The van der Waals surface area contributed by atoms with Crippen molar-refractivity contribution in [2.24, 2.45) is 5.73 Å². The summed E-state index contributed by atoms with van der Waals surface area (Å²) in [6, 6.07) is 12.9. The van der Waals surface area contributed by atoms with Crippen molar-refractivity contribution in [3.63, 3.8) is 0 Å². The van der Waals surface area contributed by atoms with Crippen LogP contribution in [-0.2, 0) is 29.1 Å². The fraction of sp³-hybridized carbons (Fsp3) is 0.226. The summed E-state index contributed by atoms with van der Waals surface area (Å²) in [4.78, 5) is 41.7. The highest BCUT2D eigenvalue weighted by atomic mass is 16.5. The topological polar surface area (TPSA) is 138 Å². The molecule has 41 heavy (non-hydrogen) atoms. The van der Waals surface area contributed by atoms with E-state index in [0.29, 0.717) is 59.0 Å². The Hall–Kier alpha value is -4.96. The number of carbonyl (C=O) groups is 3. The molecule has 1 aliphatic heterocycles. The molecule has 1 amide bonds. The molecule has 2 aromatic carbocycles. The van der Waals surface area contributed by atoms with Crippen LogP contribution >= 0.6 is 0 Å². The van der Waals surface area contributed by atoms with Crippen LogP contribution in [0.15, 0.2) is 63.7 Å². The number of amides is 1. The number of furan rings is 2. The van der Waals surface area contributed by atoms with Crippen LogP contribution in [0.2, 0.25) is 0 Å². The van der Waals surface area contributed by atoms with E-state index < -0.39 is 11.9 Å². The first kappa shape index (κ1) is 27.6. The molecule has 0 unspecified atom stereocenters. The maximum Gasteiger partial charge on any atom is 0.341 e. The van der Waals surface area contributed by atoms with Crippen molar-refractivity contribution in [3.8, 4) is 0 Å². The van der Waals surface area contributed by atoms with Crippen LogP contribution in [0.1, 0.15) is 59.3 Å². The number of hydrogen-bond donors (Lipinski definition) is 1. The largest absolute Gasteiger partial charge is 0.465 e. The molecule has 0 spiro atoms. The first-order chi connectivity index (χ1) is 19.7. The van der Waals surface area contributed by atoms with Gasteiger partial charge >= 0.3 is 11.9 Å². The molecule has 0 aliphatic carbocycles. The molecule has 2 N–H and O–H groups in total. The third-order valence-corrected chi connectivity index (χ3v) is 6.77. The molecule has 0 fully saturated rings. The second-order valence-electron chi connectivity index (χ2n) is 9.77. The van der Waals surface area contributed by atoms with E-state index >= 15 is 0 Å². The molecule has 10 nitrogen and oxygen atoms in total.